The second-order valence-corrected chi connectivity index (χ2v) is 4.47. The van der Waals surface area contributed by atoms with Gasteiger partial charge in [0.15, 0.2) is 0 Å². The molecular weight excluding hydrogens is 283 g/mol. The molecule has 6 heteroatoms. The van der Waals surface area contributed by atoms with E-state index in [0.717, 1.165) is 12.1 Å². The molecule has 0 aliphatic rings. The highest BCUT2D eigenvalue weighted by atomic mass is 19.4. The van der Waals surface area contributed by atoms with Crippen molar-refractivity contribution in [3.05, 3.63) is 59.7 Å². The van der Waals surface area contributed by atoms with Crippen molar-refractivity contribution in [3.8, 4) is 0 Å². The van der Waals surface area contributed by atoms with E-state index in [1.807, 2.05) is 0 Å². The van der Waals surface area contributed by atoms with Crippen molar-refractivity contribution in [1.82, 2.24) is 0 Å². The summed E-state index contributed by atoms with van der Waals surface area (Å²) in [6.45, 7) is 0. The predicted molar refractivity (Wildman–Crippen MR) is 72.5 cm³/mol. The number of aliphatic carboxylic acids is 1. The van der Waals surface area contributed by atoms with Crippen LogP contribution < -0.4 is 5.32 Å². The summed E-state index contributed by atoms with van der Waals surface area (Å²) in [5.41, 5.74) is 1.14. The standard InChI is InChI=1S/C15H12F3NO2/c16-15(17,18)11-3-7-13(8-4-11)19-12-5-1-10(2-6-12)9-14(20)21/h1-8,19H,9H2,(H,20,21). The fourth-order valence-electron chi connectivity index (χ4n) is 1.79. The molecule has 3 nitrogen and oxygen atoms in total. The highest BCUT2D eigenvalue weighted by Crippen LogP contribution is 2.30. The maximum Gasteiger partial charge on any atom is 0.416 e. The van der Waals surface area contributed by atoms with E-state index in [9.17, 15) is 18.0 Å². The predicted octanol–water partition coefficient (Wildman–Crippen LogP) is 4.08. The molecule has 0 saturated heterocycles. The van der Waals surface area contributed by atoms with Crippen molar-refractivity contribution in [3.63, 3.8) is 0 Å². The van der Waals surface area contributed by atoms with E-state index in [1.165, 1.54) is 12.1 Å². The molecule has 0 atom stereocenters. The van der Waals surface area contributed by atoms with Gasteiger partial charge in [0.05, 0.1) is 12.0 Å². The SMILES string of the molecule is O=C(O)Cc1ccc(Nc2ccc(C(F)(F)F)cc2)cc1. The molecule has 0 unspecified atom stereocenters. The van der Waals surface area contributed by atoms with Crippen molar-refractivity contribution in [2.75, 3.05) is 5.32 Å². The Bertz CT molecular complexity index is 619. The Morgan fingerprint density at radius 3 is 1.86 bits per heavy atom. The van der Waals surface area contributed by atoms with Crippen LogP contribution in [0.3, 0.4) is 0 Å². The van der Waals surface area contributed by atoms with Crippen LogP contribution in [-0.4, -0.2) is 11.1 Å². The summed E-state index contributed by atoms with van der Waals surface area (Å²) in [6, 6.07) is 11.3. The lowest BCUT2D eigenvalue weighted by molar-refractivity contribution is -0.138. The number of carboxylic acids is 1. The topological polar surface area (TPSA) is 49.3 Å². The molecule has 2 rings (SSSR count). The van der Waals surface area contributed by atoms with E-state index >= 15 is 0 Å². The van der Waals surface area contributed by atoms with Gasteiger partial charge >= 0.3 is 12.1 Å². The van der Waals surface area contributed by atoms with Gasteiger partial charge in [-0.2, -0.15) is 13.2 Å². The maximum absolute atomic E-state index is 12.4. The molecule has 2 N–H and O–H groups in total. The first-order valence-electron chi connectivity index (χ1n) is 6.09. The summed E-state index contributed by atoms with van der Waals surface area (Å²) in [4.78, 5) is 10.6. The van der Waals surface area contributed by atoms with Gasteiger partial charge in [0, 0.05) is 11.4 Å². The number of halogens is 3. The van der Waals surface area contributed by atoms with E-state index in [2.05, 4.69) is 5.32 Å². The first-order valence-corrected chi connectivity index (χ1v) is 6.09. The van der Waals surface area contributed by atoms with Crippen LogP contribution in [0.1, 0.15) is 11.1 Å². The van der Waals surface area contributed by atoms with Gasteiger partial charge in [0.2, 0.25) is 0 Å². The number of hydrogen-bond acceptors (Lipinski definition) is 2. The Balaban J connectivity index is 2.06. The number of carbonyl (C=O) groups is 1. The normalized spacial score (nSPS) is 11.2. The van der Waals surface area contributed by atoms with Gasteiger partial charge in [-0.05, 0) is 42.0 Å². The molecule has 0 radical (unpaired) electrons. The Morgan fingerprint density at radius 2 is 1.43 bits per heavy atom. The minimum absolute atomic E-state index is 0.0689. The van der Waals surface area contributed by atoms with E-state index in [-0.39, 0.29) is 6.42 Å². The zero-order valence-corrected chi connectivity index (χ0v) is 10.8. The van der Waals surface area contributed by atoms with E-state index in [4.69, 9.17) is 5.11 Å². The first kappa shape index (κ1) is 14.9. The van der Waals surface area contributed by atoms with Crippen LogP contribution in [0.5, 0.6) is 0 Å². The summed E-state index contributed by atoms with van der Waals surface area (Å²) in [5, 5.41) is 11.6. The molecule has 0 aromatic heterocycles. The highest BCUT2D eigenvalue weighted by molar-refractivity contribution is 5.70. The lowest BCUT2D eigenvalue weighted by atomic mass is 10.1. The second-order valence-electron chi connectivity index (χ2n) is 4.47. The molecule has 0 aliphatic heterocycles. The van der Waals surface area contributed by atoms with Gasteiger partial charge in [-0.15, -0.1) is 0 Å². The molecule has 2 aromatic rings. The zero-order chi connectivity index (χ0) is 15.5. The first-order chi connectivity index (χ1) is 9.84. The van der Waals surface area contributed by atoms with Gasteiger partial charge in [-0.3, -0.25) is 4.79 Å². The largest absolute Gasteiger partial charge is 0.481 e. The molecule has 0 amide bonds. The monoisotopic (exact) mass is 295 g/mol. The molecule has 0 bridgehead atoms. The summed E-state index contributed by atoms with van der Waals surface area (Å²) in [6.07, 6.45) is -4.42. The van der Waals surface area contributed by atoms with Crippen molar-refractivity contribution < 1.29 is 23.1 Å². The van der Waals surface area contributed by atoms with Crippen LogP contribution in [0.15, 0.2) is 48.5 Å². The van der Waals surface area contributed by atoms with Crippen molar-refractivity contribution in [1.29, 1.82) is 0 Å². The van der Waals surface area contributed by atoms with E-state index < -0.39 is 17.7 Å². The summed E-state index contributed by atoms with van der Waals surface area (Å²) in [7, 11) is 0. The summed E-state index contributed by atoms with van der Waals surface area (Å²) in [5.74, 6) is -0.918. The Kier molecular flexibility index (Phi) is 4.16. The maximum atomic E-state index is 12.4. The molecule has 2 aromatic carbocycles. The average Bonchev–Trinajstić information content (AvgIpc) is 2.40. The number of anilines is 2. The lowest BCUT2D eigenvalue weighted by Gasteiger charge is -2.10. The van der Waals surface area contributed by atoms with Gasteiger partial charge in [0.1, 0.15) is 0 Å². The summed E-state index contributed by atoms with van der Waals surface area (Å²) < 4.78 is 37.3. The van der Waals surface area contributed by atoms with E-state index in [1.54, 1.807) is 24.3 Å². The molecule has 0 heterocycles. The highest BCUT2D eigenvalue weighted by Gasteiger charge is 2.29. The van der Waals surface area contributed by atoms with Gasteiger partial charge in [0.25, 0.3) is 0 Å². The Hall–Kier alpha value is -2.50. The quantitative estimate of drug-likeness (QED) is 0.893. The lowest BCUT2D eigenvalue weighted by Crippen LogP contribution is -2.04. The van der Waals surface area contributed by atoms with Crippen LogP contribution in [-0.2, 0) is 17.4 Å². The number of benzene rings is 2. The fraction of sp³-hybridized carbons (Fsp3) is 0.133. The third kappa shape index (κ3) is 4.24. The molecule has 0 spiro atoms. The van der Waals surface area contributed by atoms with Crippen LogP contribution in [0.25, 0.3) is 0 Å². The average molecular weight is 295 g/mol. The molecular formula is C15H12F3NO2. The van der Waals surface area contributed by atoms with Crippen molar-refractivity contribution in [2.24, 2.45) is 0 Å². The van der Waals surface area contributed by atoms with Crippen molar-refractivity contribution >= 4 is 17.3 Å². The number of carboxylic acid groups (broad SMARTS) is 1. The Morgan fingerprint density at radius 1 is 0.952 bits per heavy atom. The molecule has 0 aliphatic carbocycles. The van der Waals surface area contributed by atoms with E-state index in [0.29, 0.717) is 16.9 Å². The minimum atomic E-state index is -4.35. The summed E-state index contributed by atoms with van der Waals surface area (Å²) >= 11 is 0. The third-order valence-corrected chi connectivity index (χ3v) is 2.81. The number of alkyl halides is 3. The number of rotatable bonds is 4. The zero-order valence-electron chi connectivity index (χ0n) is 10.8. The van der Waals surface area contributed by atoms with Crippen LogP contribution >= 0.6 is 0 Å². The van der Waals surface area contributed by atoms with Crippen LogP contribution in [0.2, 0.25) is 0 Å². The van der Waals surface area contributed by atoms with Gasteiger partial charge in [-0.25, -0.2) is 0 Å². The molecule has 110 valence electrons. The fourth-order valence-corrected chi connectivity index (χ4v) is 1.79. The third-order valence-electron chi connectivity index (χ3n) is 2.81. The van der Waals surface area contributed by atoms with Crippen molar-refractivity contribution in [2.45, 2.75) is 12.6 Å². The van der Waals surface area contributed by atoms with Crippen LogP contribution in [0, 0.1) is 0 Å². The smallest absolute Gasteiger partial charge is 0.416 e. The second kappa shape index (κ2) is 5.87. The molecule has 0 fully saturated rings. The number of nitrogens with one attached hydrogen (secondary N) is 1. The molecule has 0 saturated carbocycles. The number of hydrogen-bond donors (Lipinski definition) is 2. The molecule has 21 heavy (non-hydrogen) atoms. The van der Waals surface area contributed by atoms with Crippen LogP contribution in [0.4, 0.5) is 24.5 Å². The minimum Gasteiger partial charge on any atom is -0.481 e. The van der Waals surface area contributed by atoms with Gasteiger partial charge in [-0.1, -0.05) is 12.1 Å². The van der Waals surface area contributed by atoms with Gasteiger partial charge < -0.3 is 10.4 Å². The Labute approximate surface area is 119 Å².